The van der Waals surface area contributed by atoms with Gasteiger partial charge >= 0.3 is 6.09 Å². The number of amides is 2. The van der Waals surface area contributed by atoms with Gasteiger partial charge in [-0.1, -0.05) is 75.4 Å². The van der Waals surface area contributed by atoms with Crippen LogP contribution in [0.4, 0.5) is 4.79 Å². The second-order valence-corrected chi connectivity index (χ2v) is 13.7. The van der Waals surface area contributed by atoms with E-state index < -0.39 is 12.1 Å². The predicted octanol–water partition coefficient (Wildman–Crippen LogP) is 4.80. The molecule has 5 unspecified atom stereocenters. The number of imidazole rings is 2. The van der Waals surface area contributed by atoms with E-state index in [0.29, 0.717) is 36.9 Å². The second-order valence-electron chi connectivity index (χ2n) is 13.7. The highest BCUT2D eigenvalue weighted by atomic mass is 16.5. The van der Waals surface area contributed by atoms with Crippen molar-refractivity contribution in [3.05, 3.63) is 82.4 Å². The molecule has 48 heavy (non-hydrogen) atoms. The quantitative estimate of drug-likeness (QED) is 0.196. The number of hydrogen-bond acceptors (Lipinski definition) is 6. The summed E-state index contributed by atoms with van der Waals surface area (Å²) in [7, 11) is 1.30. The van der Waals surface area contributed by atoms with E-state index in [4.69, 9.17) is 14.7 Å². The molecule has 0 radical (unpaired) electrons. The zero-order chi connectivity index (χ0) is 33.4. The van der Waals surface area contributed by atoms with Crippen LogP contribution in [0.2, 0.25) is 0 Å². The first-order valence-electron chi connectivity index (χ1n) is 17.2. The first-order chi connectivity index (χ1) is 23.3. The van der Waals surface area contributed by atoms with E-state index in [9.17, 15) is 9.59 Å². The molecular formula is C38H45N7O3. The minimum absolute atomic E-state index is 0.101. The van der Waals surface area contributed by atoms with Gasteiger partial charge in [0, 0.05) is 23.7 Å². The molecule has 3 heterocycles. The molecule has 7 rings (SSSR count). The van der Waals surface area contributed by atoms with Crippen LogP contribution >= 0.6 is 0 Å². The van der Waals surface area contributed by atoms with Gasteiger partial charge < -0.3 is 30.2 Å². The molecule has 3 aliphatic rings. The molecular weight excluding hydrogens is 602 g/mol. The fraction of sp³-hybridized carbons (Fsp3) is 0.421. The van der Waals surface area contributed by atoms with Gasteiger partial charge in [0.15, 0.2) is 0 Å². The van der Waals surface area contributed by atoms with Crippen LogP contribution in [0, 0.1) is 11.8 Å². The van der Waals surface area contributed by atoms with Crippen LogP contribution in [0.25, 0.3) is 34.4 Å². The third-order valence-corrected chi connectivity index (χ3v) is 10.1. The van der Waals surface area contributed by atoms with E-state index >= 15 is 0 Å². The van der Waals surface area contributed by atoms with Crippen LogP contribution in [0.5, 0.6) is 0 Å². The van der Waals surface area contributed by atoms with Crippen molar-refractivity contribution in [2.75, 3.05) is 13.7 Å². The van der Waals surface area contributed by atoms with Crippen molar-refractivity contribution in [1.29, 1.82) is 0 Å². The molecule has 2 fully saturated rings. The molecule has 2 aliphatic carbocycles. The number of hydrogen-bond donors (Lipinski definition) is 4. The zero-order valence-electron chi connectivity index (χ0n) is 28.1. The van der Waals surface area contributed by atoms with Crippen molar-refractivity contribution < 1.29 is 14.3 Å². The molecule has 10 heteroatoms. The van der Waals surface area contributed by atoms with Gasteiger partial charge in [-0.15, -0.1) is 0 Å². The van der Waals surface area contributed by atoms with Crippen molar-refractivity contribution in [3.63, 3.8) is 0 Å². The summed E-state index contributed by atoms with van der Waals surface area (Å²) in [6.07, 6.45) is 14.7. The number of alkyl carbamates (subject to hydrolysis) is 1. The van der Waals surface area contributed by atoms with E-state index in [0.717, 1.165) is 45.0 Å². The minimum Gasteiger partial charge on any atom is -0.453 e. The fourth-order valence-corrected chi connectivity index (χ4v) is 7.59. The summed E-state index contributed by atoms with van der Waals surface area (Å²) in [6, 6.07) is 13.2. The fourth-order valence-electron chi connectivity index (χ4n) is 7.59. The van der Waals surface area contributed by atoms with Crippen LogP contribution in [0.15, 0.2) is 54.7 Å². The Hall–Kier alpha value is -4.70. The number of aromatic amines is 2. The number of fused-ring (bicyclic) bond motifs is 5. The largest absolute Gasteiger partial charge is 0.453 e. The number of aromatic nitrogens is 4. The van der Waals surface area contributed by atoms with Gasteiger partial charge in [-0.3, -0.25) is 4.79 Å². The molecule has 10 nitrogen and oxygen atoms in total. The van der Waals surface area contributed by atoms with Crippen LogP contribution in [0.3, 0.4) is 0 Å². The standard InChI is InChI=1S/C38H45N7O3/c1-5-17-45(37(46)33(22(2)3)44-38(47)48-4)21-32-41-30-16-14-26-18-25(7-6-8-29(26)35(30)43-32)23-9-11-24(12-10-23)31-20-39-36(42-31)34-27-13-15-28(19-27)40-34/h6-12,14,16,18,20,22,25,27-28,33-34,40H,5,13,15,17,19,21H2,1-4H3,(H,39,42)(H,41,43)(H,44,47). The Balaban J connectivity index is 1.10. The van der Waals surface area contributed by atoms with Gasteiger partial charge in [-0.25, -0.2) is 14.8 Å². The summed E-state index contributed by atoms with van der Waals surface area (Å²) in [6.45, 7) is 6.71. The molecule has 250 valence electrons. The summed E-state index contributed by atoms with van der Waals surface area (Å²) < 4.78 is 4.77. The second kappa shape index (κ2) is 13.4. The summed E-state index contributed by atoms with van der Waals surface area (Å²) in [5, 5.41) is 8.60. The Morgan fingerprint density at radius 1 is 1.10 bits per heavy atom. The normalized spacial score (nSPS) is 21.8. The van der Waals surface area contributed by atoms with Gasteiger partial charge in [0.2, 0.25) is 5.91 Å². The number of nitrogens with zero attached hydrogens (tertiary/aromatic N) is 3. The molecule has 2 aromatic carbocycles. The van der Waals surface area contributed by atoms with Crippen LogP contribution in [-0.4, -0.2) is 62.6 Å². The average molecular weight is 648 g/mol. The highest BCUT2D eigenvalue weighted by molar-refractivity contribution is 5.86. The number of benzene rings is 2. The molecule has 2 bridgehead atoms. The molecule has 4 N–H and O–H groups in total. The van der Waals surface area contributed by atoms with E-state index in [-0.39, 0.29) is 17.7 Å². The maximum atomic E-state index is 13.6. The first kappa shape index (κ1) is 31.9. The van der Waals surface area contributed by atoms with Crippen molar-refractivity contribution in [2.45, 2.75) is 77.0 Å². The Bertz CT molecular complexity index is 1960. The van der Waals surface area contributed by atoms with Gasteiger partial charge in [0.05, 0.1) is 42.6 Å². The molecule has 5 atom stereocenters. The summed E-state index contributed by atoms with van der Waals surface area (Å²) >= 11 is 0. The Morgan fingerprint density at radius 2 is 1.94 bits per heavy atom. The lowest BCUT2D eigenvalue weighted by atomic mass is 9.96. The monoisotopic (exact) mass is 647 g/mol. The maximum Gasteiger partial charge on any atom is 0.407 e. The predicted molar refractivity (Wildman–Crippen MR) is 187 cm³/mol. The highest BCUT2D eigenvalue weighted by Gasteiger charge is 2.41. The lowest BCUT2D eigenvalue weighted by Crippen LogP contribution is -2.51. The van der Waals surface area contributed by atoms with Gasteiger partial charge in [-0.05, 0) is 59.9 Å². The van der Waals surface area contributed by atoms with E-state index in [1.807, 2.05) is 27.0 Å². The SMILES string of the molecule is CCCN(Cc1nc2c3c(ccc2[nH]1)=CC(c1ccc(-c2cnc(C4NC5CCC4C5)[nH]2)cc1)C=CC=3)C(=O)C(NC(=O)OC)C(C)C. The van der Waals surface area contributed by atoms with Crippen molar-refractivity contribution in [2.24, 2.45) is 11.8 Å². The number of rotatable bonds is 10. The number of ether oxygens (including phenoxy) is 1. The van der Waals surface area contributed by atoms with Crippen molar-refractivity contribution >= 4 is 35.2 Å². The first-order valence-corrected chi connectivity index (χ1v) is 17.2. The van der Waals surface area contributed by atoms with Gasteiger partial charge in [0.25, 0.3) is 0 Å². The number of nitrogens with one attached hydrogen (secondary N) is 4. The lowest BCUT2D eigenvalue weighted by Gasteiger charge is -2.28. The minimum atomic E-state index is -0.690. The van der Waals surface area contributed by atoms with E-state index in [1.54, 1.807) is 4.90 Å². The Labute approximate surface area is 280 Å². The third kappa shape index (κ3) is 6.29. The third-order valence-electron chi connectivity index (χ3n) is 10.1. The number of H-pyrrole nitrogens is 2. The zero-order valence-corrected chi connectivity index (χ0v) is 28.1. The van der Waals surface area contributed by atoms with Crippen LogP contribution in [-0.2, 0) is 16.1 Å². The molecule has 2 amide bonds. The summed E-state index contributed by atoms with van der Waals surface area (Å²) in [4.78, 5) is 44.0. The number of methoxy groups -OCH3 is 1. The number of carbonyl (C=O) groups excluding carboxylic acids is 2. The summed E-state index contributed by atoms with van der Waals surface area (Å²) in [5.74, 6) is 2.31. The molecule has 0 spiro atoms. The Kier molecular flexibility index (Phi) is 8.92. The number of piperidine rings is 1. The highest BCUT2D eigenvalue weighted by Crippen LogP contribution is 2.42. The maximum absolute atomic E-state index is 13.6. The Morgan fingerprint density at radius 3 is 2.65 bits per heavy atom. The van der Waals surface area contributed by atoms with E-state index in [1.165, 1.54) is 31.9 Å². The molecule has 1 aliphatic heterocycles. The van der Waals surface area contributed by atoms with Crippen molar-refractivity contribution in [1.82, 2.24) is 35.5 Å². The van der Waals surface area contributed by atoms with Crippen LogP contribution < -0.4 is 21.1 Å². The topological polar surface area (TPSA) is 128 Å². The number of carbonyl (C=O) groups is 2. The lowest BCUT2D eigenvalue weighted by molar-refractivity contribution is -0.135. The average Bonchev–Trinajstić information content (AvgIpc) is 3.90. The molecule has 2 aromatic heterocycles. The molecule has 4 aromatic rings. The van der Waals surface area contributed by atoms with Crippen molar-refractivity contribution in [3.8, 4) is 11.3 Å². The van der Waals surface area contributed by atoms with Crippen LogP contribution in [0.1, 0.15) is 75.6 Å². The van der Waals surface area contributed by atoms with Gasteiger partial charge in [0.1, 0.15) is 17.7 Å². The molecule has 1 saturated heterocycles. The number of allylic oxidation sites excluding steroid dienone is 2. The smallest absolute Gasteiger partial charge is 0.407 e. The van der Waals surface area contributed by atoms with Gasteiger partial charge in [-0.2, -0.15) is 0 Å². The van der Waals surface area contributed by atoms with E-state index in [2.05, 4.69) is 81.3 Å². The summed E-state index contributed by atoms with van der Waals surface area (Å²) in [5.41, 5.74) is 5.18. The molecule has 1 saturated carbocycles.